The van der Waals surface area contributed by atoms with Crippen LogP contribution in [-0.4, -0.2) is 25.0 Å². The van der Waals surface area contributed by atoms with Crippen LogP contribution in [0.5, 0.6) is 0 Å². The van der Waals surface area contributed by atoms with Crippen LogP contribution in [-0.2, 0) is 0 Å². The molecule has 0 N–H and O–H groups in total. The van der Waals surface area contributed by atoms with E-state index in [-0.39, 0.29) is 0 Å². The normalized spacial score (nSPS) is 32.1. The van der Waals surface area contributed by atoms with Gasteiger partial charge in [-0.2, -0.15) is 0 Å². The summed E-state index contributed by atoms with van der Waals surface area (Å²) in [4.78, 5) is 2.39. The molecular weight excluding hydrogens is 122 g/mol. The van der Waals surface area contributed by atoms with Crippen molar-refractivity contribution in [2.75, 3.05) is 20.1 Å². The highest BCUT2D eigenvalue weighted by Gasteiger charge is 2.24. The second kappa shape index (κ2) is 2.24. The topological polar surface area (TPSA) is 3.24 Å². The Hall–Kier alpha value is -0.560. The van der Waals surface area contributed by atoms with Gasteiger partial charge in [-0.25, -0.2) is 0 Å². The second-order valence-corrected chi connectivity index (χ2v) is 3.30. The molecule has 10 heavy (non-hydrogen) atoms. The van der Waals surface area contributed by atoms with E-state index in [1.165, 1.54) is 19.5 Å². The molecule has 0 aromatic carbocycles. The molecule has 1 unspecified atom stereocenters. The molecular formula is C9H13N. The number of fused-ring (bicyclic) bond motifs is 1. The molecule has 1 aliphatic heterocycles. The molecule has 1 saturated heterocycles. The van der Waals surface area contributed by atoms with Gasteiger partial charge in [-0.15, -0.1) is 0 Å². The van der Waals surface area contributed by atoms with E-state index >= 15 is 0 Å². The number of hydrogen-bond donors (Lipinski definition) is 0. The quantitative estimate of drug-likeness (QED) is 0.485. The number of likely N-dealkylation sites (N-methyl/N-ethyl adjacent to an activating group) is 1. The Labute approximate surface area is 62.0 Å². The molecule has 2 aliphatic rings. The maximum atomic E-state index is 2.39. The van der Waals surface area contributed by atoms with Crippen LogP contribution in [0.1, 0.15) is 6.42 Å². The standard InChI is InChI=1S/C9H13N/c1-10-6-8-4-2-3-5-9(8)7-10/h2-4,9H,5-7H2,1H3. The smallest absolute Gasteiger partial charge is 0.0196 e. The van der Waals surface area contributed by atoms with E-state index in [2.05, 4.69) is 30.2 Å². The van der Waals surface area contributed by atoms with Crippen molar-refractivity contribution in [2.24, 2.45) is 5.92 Å². The molecule has 1 nitrogen and oxygen atoms in total. The number of rotatable bonds is 0. The van der Waals surface area contributed by atoms with E-state index < -0.39 is 0 Å². The lowest BCUT2D eigenvalue weighted by Gasteiger charge is -2.10. The Morgan fingerprint density at radius 1 is 1.60 bits per heavy atom. The van der Waals surface area contributed by atoms with E-state index in [0.29, 0.717) is 0 Å². The van der Waals surface area contributed by atoms with Gasteiger partial charge in [0.25, 0.3) is 0 Å². The van der Waals surface area contributed by atoms with Crippen molar-refractivity contribution in [3.8, 4) is 0 Å². The minimum absolute atomic E-state index is 0.843. The highest BCUT2D eigenvalue weighted by Crippen LogP contribution is 2.27. The number of hydrogen-bond acceptors (Lipinski definition) is 1. The molecule has 0 amide bonds. The van der Waals surface area contributed by atoms with Crippen molar-refractivity contribution in [1.29, 1.82) is 0 Å². The summed E-state index contributed by atoms with van der Waals surface area (Å²) in [7, 11) is 2.19. The SMILES string of the molecule is CN1CC2=CC=CCC2C1. The Balaban J connectivity index is 2.18. The highest BCUT2D eigenvalue weighted by molar-refractivity contribution is 5.25. The van der Waals surface area contributed by atoms with Gasteiger partial charge in [0, 0.05) is 13.1 Å². The van der Waals surface area contributed by atoms with Crippen LogP contribution in [0.15, 0.2) is 23.8 Å². The molecule has 54 valence electrons. The van der Waals surface area contributed by atoms with Crippen molar-refractivity contribution in [2.45, 2.75) is 6.42 Å². The summed E-state index contributed by atoms with van der Waals surface area (Å²) < 4.78 is 0. The maximum absolute atomic E-state index is 2.39. The molecule has 0 bridgehead atoms. The monoisotopic (exact) mass is 135 g/mol. The fraction of sp³-hybridized carbons (Fsp3) is 0.556. The second-order valence-electron chi connectivity index (χ2n) is 3.30. The van der Waals surface area contributed by atoms with Crippen LogP contribution < -0.4 is 0 Å². The fourth-order valence-corrected chi connectivity index (χ4v) is 1.85. The summed E-state index contributed by atoms with van der Waals surface area (Å²) in [5, 5.41) is 0. The zero-order chi connectivity index (χ0) is 6.97. The summed E-state index contributed by atoms with van der Waals surface area (Å²) in [6.07, 6.45) is 7.99. The van der Waals surface area contributed by atoms with Gasteiger partial charge in [0.1, 0.15) is 0 Å². The van der Waals surface area contributed by atoms with Gasteiger partial charge < -0.3 is 4.90 Å². The lowest BCUT2D eigenvalue weighted by atomic mass is 9.95. The molecule has 0 aromatic rings. The first-order chi connectivity index (χ1) is 4.86. The average molecular weight is 135 g/mol. The summed E-state index contributed by atoms with van der Waals surface area (Å²) in [6.45, 7) is 2.45. The summed E-state index contributed by atoms with van der Waals surface area (Å²) >= 11 is 0. The number of likely N-dealkylation sites (tertiary alicyclic amines) is 1. The Morgan fingerprint density at radius 3 is 3.30 bits per heavy atom. The summed E-state index contributed by atoms with van der Waals surface area (Å²) in [5.41, 5.74) is 1.63. The van der Waals surface area contributed by atoms with E-state index in [9.17, 15) is 0 Å². The minimum Gasteiger partial charge on any atom is -0.302 e. The molecule has 0 radical (unpaired) electrons. The van der Waals surface area contributed by atoms with Gasteiger partial charge in [-0.05, 0) is 19.4 Å². The minimum atomic E-state index is 0.843. The molecule has 1 atom stereocenters. The lowest BCUT2D eigenvalue weighted by molar-refractivity contribution is 0.396. The highest BCUT2D eigenvalue weighted by atomic mass is 15.1. The van der Waals surface area contributed by atoms with Crippen LogP contribution in [0.3, 0.4) is 0 Å². The van der Waals surface area contributed by atoms with Crippen LogP contribution >= 0.6 is 0 Å². The van der Waals surface area contributed by atoms with Crippen molar-refractivity contribution < 1.29 is 0 Å². The van der Waals surface area contributed by atoms with E-state index in [1.807, 2.05) is 0 Å². The van der Waals surface area contributed by atoms with Crippen molar-refractivity contribution in [1.82, 2.24) is 4.90 Å². The zero-order valence-electron chi connectivity index (χ0n) is 6.38. The third-order valence-corrected chi connectivity index (χ3v) is 2.38. The molecule has 0 spiro atoms. The molecule has 0 aromatic heterocycles. The Morgan fingerprint density at radius 2 is 2.50 bits per heavy atom. The predicted octanol–water partition coefficient (Wildman–Crippen LogP) is 1.43. The van der Waals surface area contributed by atoms with Gasteiger partial charge in [0.15, 0.2) is 0 Å². The summed E-state index contributed by atoms with van der Waals surface area (Å²) in [6, 6.07) is 0. The third-order valence-electron chi connectivity index (χ3n) is 2.38. The molecule has 0 saturated carbocycles. The zero-order valence-corrected chi connectivity index (χ0v) is 6.38. The van der Waals surface area contributed by atoms with E-state index in [4.69, 9.17) is 0 Å². The van der Waals surface area contributed by atoms with Gasteiger partial charge in [-0.1, -0.05) is 23.8 Å². The average Bonchev–Trinajstić information content (AvgIpc) is 2.27. The van der Waals surface area contributed by atoms with Gasteiger partial charge in [0.2, 0.25) is 0 Å². The van der Waals surface area contributed by atoms with Crippen LogP contribution in [0.4, 0.5) is 0 Å². The first kappa shape index (κ1) is 6.17. The van der Waals surface area contributed by atoms with Crippen LogP contribution in [0, 0.1) is 5.92 Å². The van der Waals surface area contributed by atoms with Crippen LogP contribution in [0.25, 0.3) is 0 Å². The van der Waals surface area contributed by atoms with Crippen molar-refractivity contribution >= 4 is 0 Å². The third kappa shape index (κ3) is 0.907. The largest absolute Gasteiger partial charge is 0.302 e. The van der Waals surface area contributed by atoms with E-state index in [1.54, 1.807) is 5.57 Å². The van der Waals surface area contributed by atoms with Gasteiger partial charge in [0.05, 0.1) is 0 Å². The fourth-order valence-electron chi connectivity index (χ4n) is 1.85. The predicted molar refractivity (Wildman–Crippen MR) is 42.8 cm³/mol. The molecule has 1 fully saturated rings. The van der Waals surface area contributed by atoms with Crippen LogP contribution in [0.2, 0.25) is 0 Å². The first-order valence-electron chi connectivity index (χ1n) is 3.90. The van der Waals surface area contributed by atoms with Crippen molar-refractivity contribution in [3.05, 3.63) is 23.8 Å². The number of allylic oxidation sites excluding steroid dienone is 3. The summed E-state index contributed by atoms with van der Waals surface area (Å²) in [5.74, 6) is 0.843. The maximum Gasteiger partial charge on any atom is 0.0196 e. The van der Waals surface area contributed by atoms with Gasteiger partial charge in [-0.3, -0.25) is 0 Å². The lowest BCUT2D eigenvalue weighted by Crippen LogP contribution is -2.13. The number of nitrogens with zero attached hydrogens (tertiary/aromatic N) is 1. The van der Waals surface area contributed by atoms with Gasteiger partial charge >= 0.3 is 0 Å². The van der Waals surface area contributed by atoms with E-state index in [0.717, 1.165) is 5.92 Å². The molecule has 1 aliphatic carbocycles. The van der Waals surface area contributed by atoms with Crippen molar-refractivity contribution in [3.63, 3.8) is 0 Å². The Bertz CT molecular complexity index is 191. The Kier molecular flexibility index (Phi) is 1.38. The first-order valence-corrected chi connectivity index (χ1v) is 3.90. The molecule has 2 rings (SSSR count). The molecule has 1 heterocycles. The molecule has 1 heteroatoms.